The number of carbonyl (C=O) groups is 1. The summed E-state index contributed by atoms with van der Waals surface area (Å²) in [5.41, 5.74) is 1.70. The van der Waals surface area contributed by atoms with E-state index < -0.39 is 0 Å². The Morgan fingerprint density at radius 2 is 2.21 bits per heavy atom. The summed E-state index contributed by atoms with van der Waals surface area (Å²) in [5.74, 6) is 0.453. The van der Waals surface area contributed by atoms with Gasteiger partial charge in [0.05, 0.1) is 0 Å². The third-order valence-electron chi connectivity index (χ3n) is 3.02. The monoisotopic (exact) mass is 192 g/mol. The number of benzene rings is 1. The first-order valence-corrected chi connectivity index (χ1v) is 4.86. The molecular formula is C12H13FO. The zero-order valence-corrected chi connectivity index (χ0v) is 8.38. The molecule has 0 aliphatic heterocycles. The third kappa shape index (κ3) is 1.45. The first-order valence-electron chi connectivity index (χ1n) is 4.86. The van der Waals surface area contributed by atoms with Crippen LogP contribution in [0.25, 0.3) is 0 Å². The van der Waals surface area contributed by atoms with Crippen molar-refractivity contribution in [3.8, 4) is 0 Å². The summed E-state index contributed by atoms with van der Waals surface area (Å²) in [4.78, 5) is 11.1. The van der Waals surface area contributed by atoms with Crippen LogP contribution in [0.3, 0.4) is 0 Å². The number of carbonyl (C=O) groups excluding carboxylic acids is 1. The molecule has 2 atom stereocenters. The molecule has 0 saturated heterocycles. The third-order valence-corrected chi connectivity index (χ3v) is 3.02. The molecule has 1 saturated carbocycles. The van der Waals surface area contributed by atoms with Gasteiger partial charge in [-0.05, 0) is 43.4 Å². The Morgan fingerprint density at radius 3 is 2.79 bits per heavy atom. The summed E-state index contributed by atoms with van der Waals surface area (Å²) in [5, 5.41) is 0. The SMILES string of the molecule is CC(=O)[C@@H]1C[C@@H]1c1cccc(F)c1C. The fraction of sp³-hybridized carbons (Fsp3) is 0.417. The van der Waals surface area contributed by atoms with Crippen LogP contribution in [-0.4, -0.2) is 5.78 Å². The van der Waals surface area contributed by atoms with Crippen LogP contribution in [0.2, 0.25) is 0 Å². The van der Waals surface area contributed by atoms with E-state index in [0.29, 0.717) is 5.56 Å². The minimum absolute atomic E-state index is 0.135. The number of hydrogen-bond donors (Lipinski definition) is 0. The quantitative estimate of drug-likeness (QED) is 0.704. The van der Waals surface area contributed by atoms with Crippen LogP contribution in [-0.2, 0) is 4.79 Å². The Balaban J connectivity index is 2.27. The van der Waals surface area contributed by atoms with E-state index in [1.807, 2.05) is 6.07 Å². The molecular weight excluding hydrogens is 179 g/mol. The predicted octanol–water partition coefficient (Wildman–Crippen LogP) is 2.83. The van der Waals surface area contributed by atoms with Crippen LogP contribution in [0.4, 0.5) is 4.39 Å². The molecule has 0 radical (unpaired) electrons. The Bertz CT molecular complexity index is 384. The lowest BCUT2D eigenvalue weighted by Gasteiger charge is -2.04. The van der Waals surface area contributed by atoms with Crippen LogP contribution < -0.4 is 0 Å². The van der Waals surface area contributed by atoms with Crippen molar-refractivity contribution in [2.75, 3.05) is 0 Å². The number of Topliss-reactive ketones (excluding diaryl/α,β-unsaturated/α-hetero) is 1. The van der Waals surface area contributed by atoms with Gasteiger partial charge in [-0.25, -0.2) is 4.39 Å². The second-order valence-corrected chi connectivity index (χ2v) is 4.01. The average molecular weight is 192 g/mol. The van der Waals surface area contributed by atoms with E-state index in [9.17, 15) is 9.18 Å². The lowest BCUT2D eigenvalue weighted by atomic mass is 10.0. The van der Waals surface area contributed by atoms with Crippen molar-refractivity contribution < 1.29 is 9.18 Å². The van der Waals surface area contributed by atoms with E-state index >= 15 is 0 Å². The second kappa shape index (κ2) is 3.19. The molecule has 14 heavy (non-hydrogen) atoms. The van der Waals surface area contributed by atoms with Gasteiger partial charge in [-0.2, -0.15) is 0 Å². The highest BCUT2D eigenvalue weighted by Crippen LogP contribution is 2.49. The fourth-order valence-corrected chi connectivity index (χ4v) is 2.01. The van der Waals surface area contributed by atoms with E-state index in [1.54, 1.807) is 19.9 Å². The largest absolute Gasteiger partial charge is 0.300 e. The van der Waals surface area contributed by atoms with Gasteiger partial charge in [-0.15, -0.1) is 0 Å². The summed E-state index contributed by atoms with van der Waals surface area (Å²) < 4.78 is 13.2. The maximum Gasteiger partial charge on any atom is 0.133 e. The molecule has 2 heteroatoms. The van der Waals surface area contributed by atoms with Crippen molar-refractivity contribution in [1.82, 2.24) is 0 Å². The van der Waals surface area contributed by atoms with Crippen molar-refractivity contribution >= 4 is 5.78 Å². The van der Waals surface area contributed by atoms with Crippen LogP contribution >= 0.6 is 0 Å². The lowest BCUT2D eigenvalue weighted by molar-refractivity contribution is -0.118. The molecule has 1 aromatic carbocycles. The van der Waals surface area contributed by atoms with E-state index in [2.05, 4.69) is 0 Å². The first kappa shape index (κ1) is 9.38. The Kier molecular flexibility index (Phi) is 2.14. The number of rotatable bonds is 2. The summed E-state index contributed by atoms with van der Waals surface area (Å²) in [6, 6.07) is 5.10. The van der Waals surface area contributed by atoms with Crippen LogP contribution in [0.1, 0.15) is 30.4 Å². The highest BCUT2D eigenvalue weighted by molar-refractivity contribution is 5.82. The van der Waals surface area contributed by atoms with Crippen LogP contribution in [0.5, 0.6) is 0 Å². The van der Waals surface area contributed by atoms with Crippen molar-refractivity contribution in [1.29, 1.82) is 0 Å². The molecule has 1 aromatic rings. The molecule has 0 heterocycles. The van der Waals surface area contributed by atoms with Gasteiger partial charge in [0.1, 0.15) is 11.6 Å². The molecule has 1 aliphatic carbocycles. The van der Waals surface area contributed by atoms with Gasteiger partial charge in [0.15, 0.2) is 0 Å². The lowest BCUT2D eigenvalue weighted by Crippen LogP contribution is -1.97. The summed E-state index contributed by atoms with van der Waals surface area (Å²) in [6.45, 7) is 3.39. The molecule has 0 aromatic heterocycles. The van der Waals surface area contributed by atoms with E-state index in [4.69, 9.17) is 0 Å². The molecule has 0 N–H and O–H groups in total. The minimum atomic E-state index is -0.170. The van der Waals surface area contributed by atoms with Crippen LogP contribution in [0.15, 0.2) is 18.2 Å². The number of hydrogen-bond acceptors (Lipinski definition) is 1. The summed E-state index contributed by atoms with van der Waals surface area (Å²) in [7, 11) is 0. The number of ketones is 1. The van der Waals surface area contributed by atoms with Gasteiger partial charge in [0.25, 0.3) is 0 Å². The summed E-state index contributed by atoms with van der Waals surface area (Å²) >= 11 is 0. The Hall–Kier alpha value is -1.18. The normalized spacial score (nSPS) is 24.8. The van der Waals surface area contributed by atoms with E-state index in [1.165, 1.54) is 6.07 Å². The van der Waals surface area contributed by atoms with Gasteiger partial charge >= 0.3 is 0 Å². The highest BCUT2D eigenvalue weighted by atomic mass is 19.1. The zero-order chi connectivity index (χ0) is 10.3. The van der Waals surface area contributed by atoms with Crippen molar-refractivity contribution in [2.45, 2.75) is 26.2 Å². The Labute approximate surface area is 82.9 Å². The molecule has 1 nitrogen and oxygen atoms in total. The predicted molar refractivity (Wildman–Crippen MR) is 52.7 cm³/mol. The maximum absolute atomic E-state index is 13.2. The molecule has 1 aliphatic rings. The fourth-order valence-electron chi connectivity index (χ4n) is 2.01. The van der Waals surface area contributed by atoms with E-state index in [0.717, 1.165) is 12.0 Å². The molecule has 1 fully saturated rings. The van der Waals surface area contributed by atoms with Gasteiger partial charge in [-0.3, -0.25) is 4.79 Å². The van der Waals surface area contributed by atoms with Crippen molar-refractivity contribution in [2.24, 2.45) is 5.92 Å². The van der Waals surface area contributed by atoms with Gasteiger partial charge in [-0.1, -0.05) is 12.1 Å². The first-order chi connectivity index (χ1) is 6.61. The van der Waals surface area contributed by atoms with E-state index in [-0.39, 0.29) is 23.4 Å². The molecule has 74 valence electrons. The smallest absolute Gasteiger partial charge is 0.133 e. The van der Waals surface area contributed by atoms with Crippen molar-refractivity contribution in [3.05, 3.63) is 35.1 Å². The van der Waals surface area contributed by atoms with Gasteiger partial charge < -0.3 is 0 Å². The van der Waals surface area contributed by atoms with Crippen molar-refractivity contribution in [3.63, 3.8) is 0 Å². The standard InChI is InChI=1S/C12H13FO/c1-7-9(4-3-5-12(7)13)11-6-10(11)8(2)14/h3-5,10-11H,6H2,1-2H3/t10-,11+/m0/s1. The summed E-state index contributed by atoms with van der Waals surface area (Å²) in [6.07, 6.45) is 0.889. The Morgan fingerprint density at radius 1 is 1.50 bits per heavy atom. The minimum Gasteiger partial charge on any atom is -0.300 e. The van der Waals surface area contributed by atoms with Gasteiger partial charge in [0, 0.05) is 5.92 Å². The van der Waals surface area contributed by atoms with Gasteiger partial charge in [0.2, 0.25) is 0 Å². The average Bonchev–Trinajstić information content (AvgIpc) is 2.89. The molecule has 2 rings (SSSR count). The molecule has 0 unspecified atom stereocenters. The molecule has 0 amide bonds. The maximum atomic E-state index is 13.2. The highest BCUT2D eigenvalue weighted by Gasteiger charge is 2.42. The zero-order valence-electron chi connectivity index (χ0n) is 8.38. The topological polar surface area (TPSA) is 17.1 Å². The second-order valence-electron chi connectivity index (χ2n) is 4.01. The van der Waals surface area contributed by atoms with Crippen LogP contribution in [0, 0.1) is 18.7 Å². The number of halogens is 1. The molecule has 0 bridgehead atoms. The molecule has 0 spiro atoms.